The van der Waals surface area contributed by atoms with Crippen LogP contribution in [0.1, 0.15) is 27.9 Å². The largest absolute Gasteiger partial charge is 0.294 e. The molecule has 0 saturated heterocycles. The lowest BCUT2D eigenvalue weighted by atomic mass is 10.0. The number of aryl methyl sites for hydroxylation is 1. The van der Waals surface area contributed by atoms with Crippen LogP contribution in [0.4, 0.5) is 0 Å². The molecule has 2 aromatic carbocycles. The van der Waals surface area contributed by atoms with E-state index in [2.05, 4.69) is 0 Å². The number of carbonyl (C=O) groups is 1. The number of Topliss-reactive ketones (excluding diaryl/α,β-unsaturated/α-hetero) is 1. The van der Waals surface area contributed by atoms with Crippen LogP contribution in [0.2, 0.25) is 5.02 Å². The topological polar surface area (TPSA) is 17.1 Å². The Hall–Kier alpha value is -1.51. The molecule has 0 fully saturated rings. The molecule has 0 saturated carbocycles. The van der Waals surface area contributed by atoms with E-state index in [9.17, 15) is 4.79 Å². The molecule has 0 aliphatic carbocycles. The molecule has 19 heavy (non-hydrogen) atoms. The number of rotatable bonds is 4. The zero-order valence-corrected chi connectivity index (χ0v) is 12.1. The van der Waals surface area contributed by atoms with E-state index < -0.39 is 0 Å². The Morgan fingerprint density at radius 3 is 2.11 bits per heavy atom. The first-order valence-corrected chi connectivity index (χ1v) is 6.73. The third-order valence-corrected chi connectivity index (χ3v) is 3.49. The van der Waals surface area contributed by atoms with E-state index in [0.29, 0.717) is 15.5 Å². The molecule has 0 aliphatic rings. The molecule has 0 unspecified atom stereocenters. The average molecular weight is 289 g/mol. The second kappa shape index (κ2) is 6.09. The first-order valence-electron chi connectivity index (χ1n) is 5.95. The van der Waals surface area contributed by atoms with Crippen LogP contribution in [0.5, 0.6) is 0 Å². The number of hydrogen-bond acceptors (Lipinski definition) is 2. The Morgan fingerprint density at radius 1 is 1.00 bits per heavy atom. The van der Waals surface area contributed by atoms with Crippen LogP contribution in [0, 0.1) is 6.92 Å². The molecule has 2 aromatic rings. The Kier molecular flexibility index (Phi) is 4.46. The van der Waals surface area contributed by atoms with E-state index in [0.717, 1.165) is 5.56 Å². The van der Waals surface area contributed by atoms with Crippen LogP contribution in [-0.2, 0) is 0 Å². The summed E-state index contributed by atoms with van der Waals surface area (Å²) in [7, 11) is 0. The van der Waals surface area contributed by atoms with Gasteiger partial charge in [-0.15, -0.1) is 0 Å². The minimum Gasteiger partial charge on any atom is -0.294 e. The van der Waals surface area contributed by atoms with Gasteiger partial charge in [-0.3, -0.25) is 4.79 Å². The van der Waals surface area contributed by atoms with Gasteiger partial charge in [-0.25, -0.2) is 0 Å². The molecule has 0 bridgehead atoms. The van der Waals surface area contributed by atoms with Gasteiger partial charge < -0.3 is 0 Å². The minimum absolute atomic E-state index is 0.0160. The van der Waals surface area contributed by atoms with Crippen molar-refractivity contribution in [2.45, 2.75) is 13.3 Å². The lowest BCUT2D eigenvalue weighted by molar-refractivity contribution is 0.100. The van der Waals surface area contributed by atoms with E-state index in [1.165, 1.54) is 5.56 Å². The normalized spacial score (nSPS) is 10.2. The minimum atomic E-state index is 0.0160. The smallest absolute Gasteiger partial charge is 0.168 e. The molecule has 0 aliphatic heterocycles. The van der Waals surface area contributed by atoms with Gasteiger partial charge in [0.25, 0.3) is 0 Å². The summed E-state index contributed by atoms with van der Waals surface area (Å²) in [6, 6.07) is 14.8. The van der Waals surface area contributed by atoms with E-state index in [1.54, 1.807) is 24.3 Å². The summed E-state index contributed by atoms with van der Waals surface area (Å²) in [4.78, 5) is 12.7. The monoisotopic (exact) mass is 288 g/mol. The van der Waals surface area contributed by atoms with Crippen molar-refractivity contribution >= 4 is 34.5 Å². The molecule has 0 heterocycles. The Balaban J connectivity index is 2.08. The SMILES string of the molecule is Cc1ccc(C(=S)CC(=O)c2ccc(Cl)cc2)cc1. The fourth-order valence-corrected chi connectivity index (χ4v) is 2.12. The van der Waals surface area contributed by atoms with Crippen molar-refractivity contribution in [3.63, 3.8) is 0 Å². The van der Waals surface area contributed by atoms with Gasteiger partial charge in [0, 0.05) is 21.9 Å². The number of carbonyl (C=O) groups excluding carboxylic acids is 1. The van der Waals surface area contributed by atoms with E-state index >= 15 is 0 Å². The summed E-state index contributed by atoms with van der Waals surface area (Å²) in [6.07, 6.45) is 0.250. The number of hydrogen-bond donors (Lipinski definition) is 0. The van der Waals surface area contributed by atoms with Gasteiger partial charge in [-0.1, -0.05) is 53.6 Å². The van der Waals surface area contributed by atoms with Crippen molar-refractivity contribution in [1.82, 2.24) is 0 Å². The van der Waals surface area contributed by atoms with Crippen LogP contribution in [-0.4, -0.2) is 10.6 Å². The van der Waals surface area contributed by atoms with Crippen molar-refractivity contribution in [3.8, 4) is 0 Å². The third-order valence-electron chi connectivity index (χ3n) is 2.86. The highest BCUT2D eigenvalue weighted by Crippen LogP contribution is 2.14. The summed E-state index contributed by atoms with van der Waals surface area (Å²) in [5, 5.41) is 0.623. The Bertz CT molecular complexity index is 544. The third kappa shape index (κ3) is 3.72. The van der Waals surface area contributed by atoms with Gasteiger partial charge in [0.2, 0.25) is 0 Å². The first kappa shape index (κ1) is 13.9. The molecule has 3 heteroatoms. The van der Waals surface area contributed by atoms with Crippen molar-refractivity contribution in [2.24, 2.45) is 0 Å². The summed E-state index contributed by atoms with van der Waals surface area (Å²) >= 11 is 11.1. The highest BCUT2D eigenvalue weighted by molar-refractivity contribution is 7.80. The fourth-order valence-electron chi connectivity index (χ4n) is 1.73. The fraction of sp³-hybridized carbons (Fsp3) is 0.125. The molecule has 2 rings (SSSR count). The van der Waals surface area contributed by atoms with Crippen LogP contribution in [0.25, 0.3) is 0 Å². The van der Waals surface area contributed by atoms with Gasteiger partial charge in [-0.2, -0.15) is 0 Å². The molecular formula is C16H13ClOS. The molecule has 0 spiro atoms. The van der Waals surface area contributed by atoms with Gasteiger partial charge in [0.1, 0.15) is 0 Å². The quantitative estimate of drug-likeness (QED) is 0.602. The highest BCUT2D eigenvalue weighted by Gasteiger charge is 2.10. The summed E-state index contributed by atoms with van der Waals surface area (Å²) in [5.41, 5.74) is 2.75. The first-order chi connectivity index (χ1) is 9.06. The van der Waals surface area contributed by atoms with Gasteiger partial charge in [-0.05, 0) is 36.8 Å². The maximum Gasteiger partial charge on any atom is 0.168 e. The molecule has 0 radical (unpaired) electrons. The van der Waals surface area contributed by atoms with E-state index in [4.69, 9.17) is 23.8 Å². The lowest BCUT2D eigenvalue weighted by Gasteiger charge is -2.04. The average Bonchev–Trinajstić information content (AvgIpc) is 2.40. The Morgan fingerprint density at radius 2 is 1.53 bits per heavy atom. The standard InChI is InChI=1S/C16H13ClOS/c1-11-2-4-13(5-3-11)16(19)10-15(18)12-6-8-14(17)9-7-12/h2-9H,10H2,1H3. The van der Waals surface area contributed by atoms with Gasteiger partial charge >= 0.3 is 0 Å². The lowest BCUT2D eigenvalue weighted by Crippen LogP contribution is -2.07. The summed E-state index contributed by atoms with van der Waals surface area (Å²) in [6.45, 7) is 2.02. The van der Waals surface area contributed by atoms with E-state index in [1.807, 2.05) is 31.2 Å². The van der Waals surface area contributed by atoms with Crippen molar-refractivity contribution < 1.29 is 4.79 Å². The van der Waals surface area contributed by atoms with Crippen LogP contribution in [0.3, 0.4) is 0 Å². The Labute approximate surface area is 123 Å². The zero-order chi connectivity index (χ0) is 13.8. The number of ketones is 1. The highest BCUT2D eigenvalue weighted by atomic mass is 35.5. The zero-order valence-electron chi connectivity index (χ0n) is 10.5. The molecular weight excluding hydrogens is 276 g/mol. The predicted molar refractivity (Wildman–Crippen MR) is 83.3 cm³/mol. The maximum atomic E-state index is 12.1. The van der Waals surface area contributed by atoms with Crippen molar-refractivity contribution in [1.29, 1.82) is 0 Å². The van der Waals surface area contributed by atoms with E-state index in [-0.39, 0.29) is 12.2 Å². The molecule has 0 N–H and O–H groups in total. The molecule has 96 valence electrons. The van der Waals surface area contributed by atoms with Crippen molar-refractivity contribution in [3.05, 3.63) is 70.2 Å². The van der Waals surface area contributed by atoms with Crippen LogP contribution < -0.4 is 0 Å². The number of thiocarbonyl (C=S) groups is 1. The summed E-state index contributed by atoms with van der Waals surface area (Å²) in [5.74, 6) is 0.0160. The van der Waals surface area contributed by atoms with Crippen LogP contribution >= 0.6 is 23.8 Å². The van der Waals surface area contributed by atoms with Gasteiger partial charge in [0.05, 0.1) is 0 Å². The second-order valence-electron chi connectivity index (χ2n) is 4.40. The number of benzene rings is 2. The molecule has 1 nitrogen and oxygen atoms in total. The molecule has 0 atom stereocenters. The van der Waals surface area contributed by atoms with Crippen LogP contribution in [0.15, 0.2) is 48.5 Å². The predicted octanol–water partition coefficient (Wildman–Crippen LogP) is 4.64. The maximum absolute atomic E-state index is 12.1. The van der Waals surface area contributed by atoms with Crippen molar-refractivity contribution in [2.75, 3.05) is 0 Å². The number of halogens is 1. The van der Waals surface area contributed by atoms with Gasteiger partial charge in [0.15, 0.2) is 5.78 Å². The summed E-state index contributed by atoms with van der Waals surface area (Å²) < 4.78 is 0. The molecule has 0 aromatic heterocycles. The molecule has 0 amide bonds. The second-order valence-corrected chi connectivity index (χ2v) is 5.33.